The predicted octanol–water partition coefficient (Wildman–Crippen LogP) is 5.01. The molecule has 148 valence electrons. The first-order valence-corrected chi connectivity index (χ1v) is 8.48. The fourth-order valence-corrected chi connectivity index (χ4v) is 2.77. The van der Waals surface area contributed by atoms with Gasteiger partial charge in [0, 0.05) is 12.7 Å². The molecule has 2 aromatic carbocycles. The maximum absolute atomic E-state index is 14.1. The van der Waals surface area contributed by atoms with Gasteiger partial charge in [0.15, 0.2) is 22.9 Å². The average molecular weight is 402 g/mol. The lowest BCUT2D eigenvalue weighted by molar-refractivity contribution is -0.146. The van der Waals surface area contributed by atoms with Gasteiger partial charge in [-0.15, -0.1) is 0 Å². The van der Waals surface area contributed by atoms with Gasteiger partial charge in [-0.25, -0.2) is 19.3 Å². The number of rotatable bonds is 4. The van der Waals surface area contributed by atoms with Crippen molar-refractivity contribution in [2.75, 3.05) is 10.6 Å². The van der Waals surface area contributed by atoms with Gasteiger partial charge < -0.3 is 15.2 Å². The molecule has 0 atom stereocenters. The molecule has 0 bridgehead atoms. The molecule has 0 aliphatic heterocycles. The molecule has 6 nitrogen and oxygen atoms in total. The van der Waals surface area contributed by atoms with Crippen molar-refractivity contribution < 1.29 is 17.6 Å². The summed E-state index contributed by atoms with van der Waals surface area (Å²) in [4.78, 5) is 12.0. The lowest BCUT2D eigenvalue weighted by Gasteiger charge is -2.13. The second-order valence-electron chi connectivity index (χ2n) is 6.16. The standard InChI is InChI=1S/C19H14F4N6/c1-29-17-16(28-18(29)19(21,22)23)26-15(25-13-10-6-5-9-12(13)20)14(27-17)24-11-7-3-2-4-8-11/h2-10H,1H3,(H,24,27)(H,25,26). The van der Waals surface area contributed by atoms with Crippen LogP contribution in [0.5, 0.6) is 0 Å². The topological polar surface area (TPSA) is 67.7 Å². The molecule has 0 radical (unpaired) electrons. The maximum Gasteiger partial charge on any atom is 0.449 e. The van der Waals surface area contributed by atoms with Gasteiger partial charge >= 0.3 is 6.18 Å². The van der Waals surface area contributed by atoms with Crippen molar-refractivity contribution in [2.45, 2.75) is 6.18 Å². The number of halogens is 4. The molecule has 2 heterocycles. The van der Waals surface area contributed by atoms with Crippen LogP contribution in [-0.2, 0) is 13.2 Å². The number of imidazole rings is 1. The molecular weight excluding hydrogens is 388 g/mol. The third-order valence-electron chi connectivity index (χ3n) is 4.12. The van der Waals surface area contributed by atoms with Gasteiger partial charge in [-0.2, -0.15) is 13.2 Å². The summed E-state index contributed by atoms with van der Waals surface area (Å²) < 4.78 is 54.5. The van der Waals surface area contributed by atoms with E-state index in [2.05, 4.69) is 25.6 Å². The Balaban J connectivity index is 1.86. The van der Waals surface area contributed by atoms with Crippen molar-refractivity contribution in [3.63, 3.8) is 0 Å². The van der Waals surface area contributed by atoms with E-state index in [-0.39, 0.29) is 28.6 Å². The van der Waals surface area contributed by atoms with E-state index in [1.54, 1.807) is 30.3 Å². The molecule has 2 N–H and O–H groups in total. The average Bonchev–Trinajstić information content (AvgIpc) is 3.01. The van der Waals surface area contributed by atoms with Gasteiger partial charge in [0.1, 0.15) is 5.82 Å². The van der Waals surface area contributed by atoms with Crippen LogP contribution < -0.4 is 10.6 Å². The number of nitrogens with zero attached hydrogens (tertiary/aromatic N) is 4. The van der Waals surface area contributed by atoms with Crippen LogP contribution in [-0.4, -0.2) is 19.5 Å². The van der Waals surface area contributed by atoms with Crippen LogP contribution in [0.25, 0.3) is 11.3 Å². The first kappa shape index (κ1) is 18.7. The van der Waals surface area contributed by atoms with Crippen LogP contribution >= 0.6 is 0 Å². The molecule has 4 rings (SSSR count). The Kier molecular flexibility index (Phi) is 4.53. The maximum atomic E-state index is 14.1. The summed E-state index contributed by atoms with van der Waals surface area (Å²) in [7, 11) is 1.21. The number of hydrogen-bond donors (Lipinski definition) is 2. The second kappa shape index (κ2) is 7.04. The number of aryl methyl sites for hydroxylation is 1. The highest BCUT2D eigenvalue weighted by Gasteiger charge is 2.37. The molecule has 10 heteroatoms. The van der Waals surface area contributed by atoms with E-state index in [9.17, 15) is 17.6 Å². The van der Waals surface area contributed by atoms with Crippen molar-refractivity contribution >= 4 is 34.3 Å². The van der Waals surface area contributed by atoms with Crippen LogP contribution in [0.15, 0.2) is 54.6 Å². The van der Waals surface area contributed by atoms with E-state index in [1.807, 2.05) is 6.07 Å². The Morgan fingerprint density at radius 2 is 1.48 bits per heavy atom. The van der Waals surface area contributed by atoms with Crippen molar-refractivity contribution in [1.29, 1.82) is 0 Å². The first-order chi connectivity index (χ1) is 13.8. The molecule has 0 fully saturated rings. The largest absolute Gasteiger partial charge is 0.449 e. The predicted molar refractivity (Wildman–Crippen MR) is 101 cm³/mol. The van der Waals surface area contributed by atoms with Crippen LogP contribution in [0.1, 0.15) is 5.82 Å². The van der Waals surface area contributed by atoms with E-state index in [0.29, 0.717) is 5.69 Å². The zero-order chi connectivity index (χ0) is 20.6. The van der Waals surface area contributed by atoms with Gasteiger partial charge in [-0.1, -0.05) is 30.3 Å². The van der Waals surface area contributed by atoms with E-state index < -0.39 is 17.8 Å². The summed E-state index contributed by atoms with van der Waals surface area (Å²) in [6, 6.07) is 14.8. The smallest absolute Gasteiger partial charge is 0.337 e. The Bertz CT molecular complexity index is 1170. The van der Waals surface area contributed by atoms with Gasteiger partial charge in [-0.3, -0.25) is 0 Å². The van der Waals surface area contributed by atoms with E-state index >= 15 is 0 Å². The number of aromatic nitrogens is 4. The molecule has 0 saturated carbocycles. The fourth-order valence-electron chi connectivity index (χ4n) is 2.77. The van der Waals surface area contributed by atoms with Gasteiger partial charge in [0.2, 0.25) is 5.82 Å². The van der Waals surface area contributed by atoms with E-state index in [4.69, 9.17) is 0 Å². The first-order valence-electron chi connectivity index (χ1n) is 8.48. The molecule has 29 heavy (non-hydrogen) atoms. The molecule has 4 aromatic rings. The van der Waals surface area contributed by atoms with Crippen molar-refractivity contribution in [3.05, 3.63) is 66.2 Å². The van der Waals surface area contributed by atoms with Crippen LogP contribution in [0.4, 0.5) is 40.6 Å². The number of alkyl halides is 3. The summed E-state index contributed by atoms with van der Waals surface area (Å²) in [5.74, 6) is -1.50. The van der Waals surface area contributed by atoms with E-state index in [1.165, 1.54) is 25.2 Å². The Morgan fingerprint density at radius 1 is 0.828 bits per heavy atom. The second-order valence-corrected chi connectivity index (χ2v) is 6.16. The zero-order valence-corrected chi connectivity index (χ0v) is 15.0. The minimum atomic E-state index is -4.66. The Hall–Kier alpha value is -3.69. The lowest BCUT2D eigenvalue weighted by Crippen LogP contribution is -2.12. The van der Waals surface area contributed by atoms with Crippen LogP contribution in [0, 0.1) is 5.82 Å². The molecule has 0 spiro atoms. The van der Waals surface area contributed by atoms with Gasteiger partial charge in [-0.05, 0) is 24.3 Å². The Morgan fingerprint density at radius 3 is 2.17 bits per heavy atom. The minimum absolute atomic E-state index is 0.0401. The quantitative estimate of drug-likeness (QED) is 0.470. The highest BCUT2D eigenvalue weighted by molar-refractivity contribution is 5.80. The minimum Gasteiger partial charge on any atom is -0.337 e. The highest BCUT2D eigenvalue weighted by Crippen LogP contribution is 2.33. The summed E-state index contributed by atoms with van der Waals surface area (Å²) in [6.07, 6.45) is -4.66. The van der Waals surface area contributed by atoms with Gasteiger partial charge in [0.25, 0.3) is 0 Å². The summed E-state index contributed by atoms with van der Waals surface area (Å²) in [5.41, 5.74) is 0.465. The van der Waals surface area contributed by atoms with E-state index in [0.717, 1.165) is 4.57 Å². The lowest BCUT2D eigenvalue weighted by atomic mass is 10.3. The fraction of sp³-hybridized carbons (Fsp3) is 0.105. The monoisotopic (exact) mass is 402 g/mol. The zero-order valence-electron chi connectivity index (χ0n) is 15.0. The molecule has 0 aliphatic rings. The van der Waals surface area contributed by atoms with Crippen molar-refractivity contribution in [2.24, 2.45) is 7.05 Å². The van der Waals surface area contributed by atoms with Crippen LogP contribution in [0.3, 0.4) is 0 Å². The molecular formula is C19H14F4N6. The third-order valence-corrected chi connectivity index (χ3v) is 4.12. The number of anilines is 4. The van der Waals surface area contributed by atoms with Crippen LogP contribution in [0.2, 0.25) is 0 Å². The summed E-state index contributed by atoms with van der Waals surface area (Å²) in [5, 5.41) is 5.78. The molecule has 0 aliphatic carbocycles. The molecule has 0 amide bonds. The Labute approximate surface area is 162 Å². The number of para-hydroxylation sites is 2. The normalized spacial score (nSPS) is 11.6. The highest BCUT2D eigenvalue weighted by atomic mass is 19.4. The molecule has 0 saturated heterocycles. The summed E-state index contributed by atoms with van der Waals surface area (Å²) >= 11 is 0. The van der Waals surface area contributed by atoms with Crippen molar-refractivity contribution in [3.8, 4) is 0 Å². The number of hydrogen-bond acceptors (Lipinski definition) is 5. The molecule has 0 unspecified atom stereocenters. The SMILES string of the molecule is Cn1c(C(F)(F)F)nc2nc(Nc3ccccc3F)c(Nc3ccccc3)nc21. The molecule has 2 aromatic heterocycles. The third kappa shape index (κ3) is 3.68. The number of benzene rings is 2. The summed E-state index contributed by atoms with van der Waals surface area (Å²) in [6.45, 7) is 0. The van der Waals surface area contributed by atoms with Gasteiger partial charge in [0.05, 0.1) is 5.69 Å². The number of nitrogens with one attached hydrogen (secondary N) is 2. The van der Waals surface area contributed by atoms with Crippen molar-refractivity contribution in [1.82, 2.24) is 19.5 Å². The number of fused-ring (bicyclic) bond motifs is 1.